The third-order valence-corrected chi connectivity index (χ3v) is 7.35. The molecule has 0 amide bonds. The zero-order valence-electron chi connectivity index (χ0n) is 26.4. The largest absolute Gasteiger partial charge is 0.493 e. The zero-order chi connectivity index (χ0) is 31.6. The Labute approximate surface area is 256 Å². The Balaban J connectivity index is 1.66. The first-order valence-electron chi connectivity index (χ1n) is 13.9. The summed E-state index contributed by atoms with van der Waals surface area (Å²) in [5.74, 6) is 3.35. The monoisotopic (exact) mass is 612 g/mol. The van der Waals surface area contributed by atoms with Gasteiger partial charge in [0.2, 0.25) is 11.5 Å². The van der Waals surface area contributed by atoms with E-state index in [0.29, 0.717) is 60.7 Å². The summed E-state index contributed by atoms with van der Waals surface area (Å²) >= 11 is 0. The number of nitrogens with zero attached hydrogens (tertiary/aromatic N) is 10. The quantitative estimate of drug-likeness (QED) is 0.172. The topological polar surface area (TPSA) is 149 Å². The maximum atomic E-state index is 5.60. The summed E-state index contributed by atoms with van der Waals surface area (Å²) in [6, 6.07) is 7.74. The van der Waals surface area contributed by atoms with Gasteiger partial charge in [-0.15, -0.1) is 30.0 Å². The minimum atomic E-state index is -0.237. The van der Waals surface area contributed by atoms with Crippen molar-refractivity contribution >= 4 is 0 Å². The summed E-state index contributed by atoms with van der Waals surface area (Å²) in [7, 11) is 9.56. The van der Waals surface area contributed by atoms with Crippen LogP contribution in [0.3, 0.4) is 0 Å². The van der Waals surface area contributed by atoms with Crippen LogP contribution < -0.4 is 28.4 Å². The van der Waals surface area contributed by atoms with Gasteiger partial charge < -0.3 is 28.4 Å². The molecule has 0 spiro atoms. The molecule has 0 aliphatic rings. The fourth-order valence-corrected chi connectivity index (χ4v) is 4.96. The molecule has 0 aliphatic heterocycles. The van der Waals surface area contributed by atoms with Crippen LogP contribution in [0.2, 0.25) is 0 Å². The number of hydrogen-bond acceptors (Lipinski definition) is 14. The average molecular weight is 613 g/mol. The molecule has 238 valence electrons. The summed E-state index contributed by atoms with van der Waals surface area (Å²) in [5, 5.41) is 24.7. The van der Waals surface area contributed by atoms with Crippen molar-refractivity contribution in [3.8, 4) is 34.5 Å². The van der Waals surface area contributed by atoms with Crippen LogP contribution in [0.5, 0.6) is 34.5 Å². The van der Waals surface area contributed by atoms with Gasteiger partial charge in [-0.05, 0) is 59.7 Å². The van der Waals surface area contributed by atoms with Crippen LogP contribution in [-0.4, -0.2) is 106 Å². The number of methoxy groups -OCH3 is 6. The molecule has 0 saturated heterocycles. The van der Waals surface area contributed by atoms with Gasteiger partial charge in [0, 0.05) is 26.2 Å². The van der Waals surface area contributed by atoms with E-state index in [2.05, 4.69) is 40.6 Å². The molecule has 16 heteroatoms. The van der Waals surface area contributed by atoms with Crippen molar-refractivity contribution in [3.63, 3.8) is 0 Å². The van der Waals surface area contributed by atoms with E-state index in [0.717, 1.165) is 11.1 Å². The standard InChI is InChI=1S/C28H40N10O6/c1-19(37-31-17-29-33-37)35(15-21-11-23(39-3)27(43-7)24(12-21)40-4)9-10-36(20(2)38-32-18-30-34-38)16-22-13-25(41-5)28(44-8)26(14-22)42-6/h11-14,17-20H,9-10,15-16H2,1-8H3. The molecule has 16 nitrogen and oxygen atoms in total. The maximum Gasteiger partial charge on any atom is 0.203 e. The highest BCUT2D eigenvalue weighted by molar-refractivity contribution is 5.54. The molecule has 2 unspecified atom stereocenters. The Kier molecular flexibility index (Phi) is 11.1. The normalized spacial score (nSPS) is 12.7. The molecular formula is C28H40N10O6. The summed E-state index contributed by atoms with van der Waals surface area (Å²) in [5.41, 5.74) is 1.90. The van der Waals surface area contributed by atoms with Crippen LogP contribution in [0.15, 0.2) is 36.9 Å². The van der Waals surface area contributed by atoms with Crippen molar-refractivity contribution in [2.24, 2.45) is 0 Å². The first-order valence-corrected chi connectivity index (χ1v) is 13.9. The highest BCUT2D eigenvalue weighted by Gasteiger charge is 2.25. The van der Waals surface area contributed by atoms with E-state index in [9.17, 15) is 0 Å². The molecular weight excluding hydrogens is 572 g/mol. The van der Waals surface area contributed by atoms with Gasteiger partial charge in [0.05, 0.1) is 42.7 Å². The van der Waals surface area contributed by atoms with Gasteiger partial charge >= 0.3 is 0 Å². The van der Waals surface area contributed by atoms with Crippen LogP contribution in [0.1, 0.15) is 37.3 Å². The Morgan fingerprint density at radius 1 is 0.568 bits per heavy atom. The van der Waals surface area contributed by atoms with Gasteiger partial charge in [-0.25, -0.2) is 0 Å². The van der Waals surface area contributed by atoms with Crippen molar-refractivity contribution in [1.29, 1.82) is 0 Å². The SMILES string of the molecule is COc1cc(CN(CCN(Cc2cc(OC)c(OC)c(OC)c2)C(C)n2ncnn2)C(C)n2ncnn2)cc(OC)c1OC. The maximum absolute atomic E-state index is 5.60. The highest BCUT2D eigenvalue weighted by Crippen LogP contribution is 2.40. The fraction of sp³-hybridized carbons (Fsp3) is 0.500. The van der Waals surface area contributed by atoms with Gasteiger partial charge in [0.15, 0.2) is 35.7 Å². The lowest BCUT2D eigenvalue weighted by molar-refractivity contribution is 0.0649. The molecule has 4 aromatic rings. The Morgan fingerprint density at radius 3 is 1.16 bits per heavy atom. The Bertz CT molecular complexity index is 1290. The molecule has 2 atom stereocenters. The van der Waals surface area contributed by atoms with Crippen LogP contribution >= 0.6 is 0 Å². The van der Waals surface area contributed by atoms with E-state index < -0.39 is 0 Å². The molecule has 0 radical (unpaired) electrons. The van der Waals surface area contributed by atoms with Crippen LogP contribution in [0, 0.1) is 0 Å². The second-order valence-electron chi connectivity index (χ2n) is 9.78. The van der Waals surface area contributed by atoms with Gasteiger partial charge in [0.1, 0.15) is 12.3 Å². The highest BCUT2D eigenvalue weighted by atomic mass is 16.5. The smallest absolute Gasteiger partial charge is 0.203 e. The minimum Gasteiger partial charge on any atom is -0.493 e. The van der Waals surface area contributed by atoms with Crippen molar-refractivity contribution in [3.05, 3.63) is 48.0 Å². The first kappa shape index (κ1) is 32.2. The number of hydrogen-bond donors (Lipinski definition) is 0. The number of tetrazole rings is 2. The fourth-order valence-electron chi connectivity index (χ4n) is 4.96. The van der Waals surface area contributed by atoms with Gasteiger partial charge in [-0.2, -0.15) is 0 Å². The second kappa shape index (κ2) is 15.2. The van der Waals surface area contributed by atoms with Gasteiger partial charge in [-0.3, -0.25) is 9.80 Å². The first-order chi connectivity index (χ1) is 21.4. The summed E-state index contributed by atoms with van der Waals surface area (Å²) in [4.78, 5) is 7.60. The summed E-state index contributed by atoms with van der Waals surface area (Å²) < 4.78 is 33.5. The second-order valence-corrected chi connectivity index (χ2v) is 9.78. The molecule has 0 fully saturated rings. The third kappa shape index (κ3) is 7.26. The summed E-state index contributed by atoms with van der Waals surface area (Å²) in [6.07, 6.45) is 2.37. The minimum absolute atomic E-state index is 0.237. The molecule has 0 saturated carbocycles. The number of ether oxygens (including phenoxy) is 6. The predicted octanol–water partition coefficient (Wildman–Crippen LogP) is 2.45. The van der Waals surface area contributed by atoms with E-state index >= 15 is 0 Å². The molecule has 2 aromatic carbocycles. The van der Waals surface area contributed by atoms with Crippen LogP contribution in [0.4, 0.5) is 0 Å². The van der Waals surface area contributed by atoms with E-state index in [1.807, 2.05) is 38.1 Å². The molecule has 0 aliphatic carbocycles. The van der Waals surface area contributed by atoms with Crippen molar-refractivity contribution < 1.29 is 28.4 Å². The summed E-state index contributed by atoms with van der Waals surface area (Å²) in [6.45, 7) is 6.28. The molecule has 0 N–H and O–H groups in total. The van der Waals surface area contributed by atoms with E-state index in [1.165, 1.54) is 12.7 Å². The lowest BCUT2D eigenvalue weighted by Gasteiger charge is -2.33. The zero-order valence-corrected chi connectivity index (χ0v) is 26.4. The lowest BCUT2D eigenvalue weighted by Crippen LogP contribution is -2.41. The van der Waals surface area contributed by atoms with E-state index in [4.69, 9.17) is 28.4 Å². The average Bonchev–Trinajstić information content (AvgIpc) is 3.80. The molecule has 4 rings (SSSR count). The van der Waals surface area contributed by atoms with Crippen LogP contribution in [0.25, 0.3) is 0 Å². The third-order valence-electron chi connectivity index (χ3n) is 7.35. The lowest BCUT2D eigenvalue weighted by atomic mass is 10.1. The predicted molar refractivity (Wildman–Crippen MR) is 158 cm³/mol. The number of benzene rings is 2. The molecule has 44 heavy (non-hydrogen) atoms. The number of aromatic nitrogens is 8. The van der Waals surface area contributed by atoms with Gasteiger partial charge in [-0.1, -0.05) is 0 Å². The van der Waals surface area contributed by atoms with E-state index in [-0.39, 0.29) is 12.3 Å². The Hall–Kier alpha value is -4.70. The van der Waals surface area contributed by atoms with Crippen molar-refractivity contribution in [2.75, 3.05) is 55.7 Å². The van der Waals surface area contributed by atoms with Crippen molar-refractivity contribution in [1.82, 2.24) is 50.2 Å². The van der Waals surface area contributed by atoms with Gasteiger partial charge in [0.25, 0.3) is 0 Å². The van der Waals surface area contributed by atoms with Crippen molar-refractivity contribution in [2.45, 2.75) is 39.3 Å². The molecule has 2 aromatic heterocycles. The Morgan fingerprint density at radius 2 is 0.909 bits per heavy atom. The number of rotatable bonds is 17. The molecule has 2 heterocycles. The molecule has 0 bridgehead atoms. The van der Waals surface area contributed by atoms with E-state index in [1.54, 1.807) is 52.3 Å². The van der Waals surface area contributed by atoms with Crippen LogP contribution in [-0.2, 0) is 13.1 Å².